The van der Waals surface area contributed by atoms with E-state index < -0.39 is 22.6 Å². The second-order valence-corrected chi connectivity index (χ2v) is 7.91. The number of carbonyl (C=O) groups excluding carboxylic acids is 1. The van der Waals surface area contributed by atoms with Crippen LogP contribution in [-0.2, 0) is 10.2 Å². The number of carbonyl (C=O) groups is 2. The van der Waals surface area contributed by atoms with Crippen LogP contribution in [0.4, 0.5) is 15.8 Å². The maximum absolute atomic E-state index is 14.0. The summed E-state index contributed by atoms with van der Waals surface area (Å²) in [7, 11) is 0. The molecule has 28 heavy (non-hydrogen) atoms. The zero-order valence-electron chi connectivity index (χ0n) is 15.5. The lowest BCUT2D eigenvalue weighted by molar-refractivity contribution is -0.118. The molecule has 1 aliphatic carbocycles. The standard InChI is InChI=1S/C21H21FN2O4/c1-20(2)17(11-7-12(18(26)27)9-14(8-11)23-5-6-25)21(20)15-10-13(22)3-4-16(15)24-19(21)28/h3-4,7-10,17,23,25H,5-6H2,1-2H3,(H,24,28)(H,26,27)/t17?,21-/m1/s1. The minimum atomic E-state index is -1.08. The summed E-state index contributed by atoms with van der Waals surface area (Å²) < 4.78 is 14.0. The van der Waals surface area contributed by atoms with Crippen molar-refractivity contribution in [1.29, 1.82) is 0 Å². The topological polar surface area (TPSA) is 98.7 Å². The maximum Gasteiger partial charge on any atom is 0.335 e. The molecule has 0 bridgehead atoms. The normalized spacial score (nSPS) is 24.0. The summed E-state index contributed by atoms with van der Waals surface area (Å²) >= 11 is 0. The molecule has 1 amide bonds. The molecule has 1 heterocycles. The summed E-state index contributed by atoms with van der Waals surface area (Å²) in [5.74, 6) is -2.00. The van der Waals surface area contributed by atoms with Crippen LogP contribution in [-0.4, -0.2) is 35.2 Å². The third-order valence-electron chi connectivity index (χ3n) is 6.08. The highest BCUT2D eigenvalue weighted by Gasteiger charge is 2.78. The molecule has 2 aromatic rings. The van der Waals surface area contributed by atoms with Gasteiger partial charge in [0.25, 0.3) is 0 Å². The smallest absolute Gasteiger partial charge is 0.335 e. The summed E-state index contributed by atoms with van der Waals surface area (Å²) in [5, 5.41) is 24.4. The first-order chi connectivity index (χ1) is 13.2. The maximum atomic E-state index is 14.0. The van der Waals surface area contributed by atoms with E-state index in [1.165, 1.54) is 18.2 Å². The van der Waals surface area contributed by atoms with Crippen LogP contribution in [0.2, 0.25) is 0 Å². The molecule has 2 atom stereocenters. The summed E-state index contributed by atoms with van der Waals surface area (Å²) in [6.45, 7) is 4.05. The Balaban J connectivity index is 1.85. The molecule has 0 aromatic heterocycles. The van der Waals surface area contributed by atoms with E-state index in [4.69, 9.17) is 5.11 Å². The second-order valence-electron chi connectivity index (χ2n) is 7.91. The molecule has 1 saturated carbocycles. The van der Waals surface area contributed by atoms with E-state index in [1.807, 2.05) is 13.8 Å². The van der Waals surface area contributed by atoms with Crippen molar-refractivity contribution in [1.82, 2.24) is 0 Å². The molecule has 1 unspecified atom stereocenters. The summed E-state index contributed by atoms with van der Waals surface area (Å²) in [6, 6.07) is 9.12. The average Bonchev–Trinajstić information content (AvgIpc) is 3.04. The highest BCUT2D eigenvalue weighted by molar-refractivity contribution is 6.11. The van der Waals surface area contributed by atoms with Crippen LogP contribution in [0, 0.1) is 11.2 Å². The SMILES string of the molecule is CC1(C)C(c2cc(NCCO)cc(C(=O)O)c2)[C@]12C(=O)Nc1ccc(F)cc12. The fraction of sp³-hybridized carbons (Fsp3) is 0.333. The van der Waals surface area contributed by atoms with E-state index in [0.29, 0.717) is 22.5 Å². The lowest BCUT2D eigenvalue weighted by Gasteiger charge is -2.12. The number of aliphatic hydroxyl groups excluding tert-OH is 1. The number of anilines is 2. The number of nitrogens with one attached hydrogen (secondary N) is 2. The van der Waals surface area contributed by atoms with Gasteiger partial charge in [-0.1, -0.05) is 13.8 Å². The van der Waals surface area contributed by atoms with Gasteiger partial charge in [-0.15, -0.1) is 0 Å². The molecular formula is C21H21FN2O4. The predicted molar refractivity (Wildman–Crippen MR) is 102 cm³/mol. The van der Waals surface area contributed by atoms with Crippen LogP contribution in [0.3, 0.4) is 0 Å². The molecule has 4 N–H and O–H groups in total. The average molecular weight is 384 g/mol. The number of carboxylic acid groups (broad SMARTS) is 1. The number of benzene rings is 2. The van der Waals surface area contributed by atoms with Crippen LogP contribution in [0.25, 0.3) is 0 Å². The summed E-state index contributed by atoms with van der Waals surface area (Å²) in [5.41, 5.74) is 1.07. The summed E-state index contributed by atoms with van der Waals surface area (Å²) in [6.07, 6.45) is 0. The molecule has 6 nitrogen and oxygen atoms in total. The number of hydrogen-bond acceptors (Lipinski definition) is 4. The Morgan fingerprint density at radius 1 is 1.25 bits per heavy atom. The van der Waals surface area contributed by atoms with E-state index in [2.05, 4.69) is 10.6 Å². The van der Waals surface area contributed by atoms with Crippen molar-refractivity contribution in [3.8, 4) is 0 Å². The Bertz CT molecular complexity index is 1000. The van der Waals surface area contributed by atoms with Gasteiger partial charge >= 0.3 is 5.97 Å². The van der Waals surface area contributed by atoms with Crippen LogP contribution in [0.5, 0.6) is 0 Å². The van der Waals surface area contributed by atoms with Gasteiger partial charge in [-0.25, -0.2) is 9.18 Å². The van der Waals surface area contributed by atoms with Gasteiger partial charge in [-0.3, -0.25) is 4.79 Å². The van der Waals surface area contributed by atoms with Gasteiger partial charge < -0.3 is 20.8 Å². The van der Waals surface area contributed by atoms with E-state index in [0.717, 1.165) is 0 Å². The minimum Gasteiger partial charge on any atom is -0.478 e. The van der Waals surface area contributed by atoms with Gasteiger partial charge in [-0.2, -0.15) is 0 Å². The Morgan fingerprint density at radius 3 is 2.68 bits per heavy atom. The molecule has 0 saturated heterocycles. The van der Waals surface area contributed by atoms with Gasteiger partial charge in [-0.05, 0) is 52.9 Å². The van der Waals surface area contributed by atoms with Crippen LogP contribution < -0.4 is 10.6 Å². The van der Waals surface area contributed by atoms with Gasteiger partial charge in [0.1, 0.15) is 5.82 Å². The lowest BCUT2D eigenvalue weighted by Crippen LogP contribution is -2.25. The number of amides is 1. The van der Waals surface area contributed by atoms with Crippen LogP contribution >= 0.6 is 0 Å². The van der Waals surface area contributed by atoms with Crippen molar-refractivity contribution < 1.29 is 24.2 Å². The van der Waals surface area contributed by atoms with Gasteiger partial charge in [0.2, 0.25) is 5.91 Å². The second kappa shape index (κ2) is 6.04. The van der Waals surface area contributed by atoms with Gasteiger partial charge in [0.05, 0.1) is 17.6 Å². The molecule has 1 fully saturated rings. The van der Waals surface area contributed by atoms with Gasteiger partial charge in [0, 0.05) is 23.8 Å². The third kappa shape index (κ3) is 2.36. The van der Waals surface area contributed by atoms with Crippen LogP contribution in [0.15, 0.2) is 36.4 Å². The number of aliphatic hydroxyl groups is 1. The number of fused-ring (bicyclic) bond motifs is 2. The first-order valence-corrected chi connectivity index (χ1v) is 9.08. The fourth-order valence-corrected chi connectivity index (χ4v) is 4.90. The number of rotatable bonds is 5. The Morgan fingerprint density at radius 2 is 2.00 bits per heavy atom. The minimum absolute atomic E-state index is 0.0914. The first kappa shape index (κ1) is 18.4. The predicted octanol–water partition coefficient (Wildman–Crippen LogP) is 2.94. The lowest BCUT2D eigenvalue weighted by atomic mass is 9.88. The Labute approximate surface area is 161 Å². The molecule has 146 valence electrons. The largest absolute Gasteiger partial charge is 0.478 e. The monoisotopic (exact) mass is 384 g/mol. The Kier molecular flexibility index (Phi) is 3.97. The van der Waals surface area contributed by atoms with Crippen molar-refractivity contribution in [3.05, 3.63) is 58.9 Å². The number of aromatic carboxylic acids is 1. The van der Waals surface area contributed by atoms with E-state index in [1.54, 1.807) is 18.2 Å². The number of carboxylic acids is 1. The molecule has 2 aliphatic rings. The molecular weight excluding hydrogens is 363 g/mol. The van der Waals surface area contributed by atoms with Crippen molar-refractivity contribution in [2.45, 2.75) is 25.2 Å². The van der Waals surface area contributed by atoms with Crippen molar-refractivity contribution >= 4 is 23.3 Å². The first-order valence-electron chi connectivity index (χ1n) is 9.08. The van der Waals surface area contributed by atoms with E-state index in [-0.39, 0.29) is 30.5 Å². The number of halogens is 1. The van der Waals surface area contributed by atoms with Crippen molar-refractivity contribution in [3.63, 3.8) is 0 Å². The zero-order chi connectivity index (χ0) is 20.3. The molecule has 2 aromatic carbocycles. The molecule has 1 spiro atoms. The van der Waals surface area contributed by atoms with Crippen LogP contribution in [0.1, 0.15) is 41.3 Å². The summed E-state index contributed by atoms with van der Waals surface area (Å²) in [4.78, 5) is 24.6. The fourth-order valence-electron chi connectivity index (χ4n) is 4.90. The van der Waals surface area contributed by atoms with Crippen molar-refractivity contribution in [2.75, 3.05) is 23.8 Å². The van der Waals surface area contributed by atoms with E-state index >= 15 is 0 Å². The molecule has 4 rings (SSSR count). The Hall–Kier alpha value is -2.93. The highest BCUT2D eigenvalue weighted by atomic mass is 19.1. The zero-order valence-corrected chi connectivity index (χ0v) is 15.5. The molecule has 1 aliphatic heterocycles. The highest BCUT2D eigenvalue weighted by Crippen LogP contribution is 2.77. The van der Waals surface area contributed by atoms with Gasteiger partial charge in [0.15, 0.2) is 0 Å². The number of hydrogen-bond donors (Lipinski definition) is 4. The quantitative estimate of drug-likeness (QED) is 0.635. The molecule has 0 radical (unpaired) electrons. The third-order valence-corrected chi connectivity index (χ3v) is 6.08. The van der Waals surface area contributed by atoms with E-state index in [9.17, 15) is 19.1 Å². The van der Waals surface area contributed by atoms with Crippen molar-refractivity contribution in [2.24, 2.45) is 5.41 Å². The molecule has 7 heteroatoms.